The van der Waals surface area contributed by atoms with Crippen LogP contribution >= 0.6 is 0 Å². The molecule has 0 saturated carbocycles. The molecule has 0 spiro atoms. The Balaban J connectivity index is 3.58. The summed E-state index contributed by atoms with van der Waals surface area (Å²) in [6.07, 6.45) is 6.98. The van der Waals surface area contributed by atoms with Crippen molar-refractivity contribution in [3.8, 4) is 0 Å². The molecule has 18 heavy (non-hydrogen) atoms. The Morgan fingerprint density at radius 3 is 2.22 bits per heavy atom. The van der Waals surface area contributed by atoms with Gasteiger partial charge in [0.15, 0.2) is 5.60 Å². The summed E-state index contributed by atoms with van der Waals surface area (Å²) in [6, 6.07) is 0. The van der Waals surface area contributed by atoms with Crippen LogP contribution in [0.3, 0.4) is 0 Å². The monoisotopic (exact) mass is 259 g/mol. The van der Waals surface area contributed by atoms with Gasteiger partial charge >= 0.3 is 5.97 Å². The zero-order valence-corrected chi connectivity index (χ0v) is 11.4. The van der Waals surface area contributed by atoms with Crippen molar-refractivity contribution in [2.75, 3.05) is 6.54 Å². The lowest BCUT2D eigenvalue weighted by Crippen LogP contribution is -2.46. The van der Waals surface area contributed by atoms with Gasteiger partial charge in [-0.25, -0.2) is 4.79 Å². The second kappa shape index (κ2) is 8.91. The highest BCUT2D eigenvalue weighted by atomic mass is 16.4. The van der Waals surface area contributed by atoms with Crippen LogP contribution < -0.4 is 5.32 Å². The minimum absolute atomic E-state index is 0.202. The maximum atomic E-state index is 11.4. The molecule has 0 aromatic carbocycles. The van der Waals surface area contributed by atoms with Crippen LogP contribution in [0.1, 0.15) is 58.8 Å². The number of carbonyl (C=O) groups is 2. The zero-order valence-electron chi connectivity index (χ0n) is 11.4. The standard InChI is InChI=1S/C13H25NO4/c1-3-4-5-6-7-8-9-11(15)14-10-13(2,18)12(16)17/h18H,3-10H2,1-2H3,(H,14,15)(H,16,17). The summed E-state index contributed by atoms with van der Waals surface area (Å²) in [5, 5.41) is 20.5. The van der Waals surface area contributed by atoms with E-state index < -0.39 is 11.6 Å². The lowest BCUT2D eigenvalue weighted by molar-refractivity contribution is -0.156. The van der Waals surface area contributed by atoms with Crippen molar-refractivity contribution in [3.05, 3.63) is 0 Å². The molecule has 0 radical (unpaired) electrons. The molecule has 3 N–H and O–H groups in total. The van der Waals surface area contributed by atoms with Gasteiger partial charge in [-0.15, -0.1) is 0 Å². The largest absolute Gasteiger partial charge is 0.479 e. The lowest BCUT2D eigenvalue weighted by Gasteiger charge is -2.18. The number of rotatable bonds is 10. The molecule has 5 heteroatoms. The van der Waals surface area contributed by atoms with E-state index in [2.05, 4.69) is 12.2 Å². The number of amides is 1. The van der Waals surface area contributed by atoms with E-state index in [-0.39, 0.29) is 12.5 Å². The number of carboxylic acid groups (broad SMARTS) is 1. The Kier molecular flexibility index (Phi) is 8.37. The van der Waals surface area contributed by atoms with E-state index in [9.17, 15) is 14.7 Å². The molecule has 1 unspecified atom stereocenters. The summed E-state index contributed by atoms with van der Waals surface area (Å²) in [7, 11) is 0. The first-order chi connectivity index (χ1) is 8.40. The van der Waals surface area contributed by atoms with Crippen LogP contribution in [0.2, 0.25) is 0 Å². The van der Waals surface area contributed by atoms with Crippen molar-refractivity contribution in [1.82, 2.24) is 5.32 Å². The van der Waals surface area contributed by atoms with Gasteiger partial charge in [-0.1, -0.05) is 39.0 Å². The molecular formula is C13H25NO4. The molecule has 0 aromatic rings. The van der Waals surface area contributed by atoms with Crippen molar-refractivity contribution >= 4 is 11.9 Å². The number of aliphatic hydroxyl groups is 1. The molecule has 0 aliphatic rings. The minimum Gasteiger partial charge on any atom is -0.479 e. The smallest absolute Gasteiger partial charge is 0.337 e. The molecule has 106 valence electrons. The number of carbonyl (C=O) groups excluding carboxylic acids is 1. The molecule has 0 rings (SSSR count). The van der Waals surface area contributed by atoms with Crippen LogP contribution in [0, 0.1) is 0 Å². The van der Waals surface area contributed by atoms with Crippen molar-refractivity contribution in [3.63, 3.8) is 0 Å². The molecular weight excluding hydrogens is 234 g/mol. The van der Waals surface area contributed by atoms with Crippen LogP contribution in [0.25, 0.3) is 0 Å². The van der Waals surface area contributed by atoms with Gasteiger partial charge in [0.2, 0.25) is 5.91 Å². The van der Waals surface area contributed by atoms with Gasteiger partial charge in [0, 0.05) is 6.42 Å². The average molecular weight is 259 g/mol. The van der Waals surface area contributed by atoms with Crippen molar-refractivity contribution < 1.29 is 19.8 Å². The minimum atomic E-state index is -1.89. The van der Waals surface area contributed by atoms with Gasteiger partial charge in [0.1, 0.15) is 0 Å². The number of hydrogen-bond acceptors (Lipinski definition) is 3. The van der Waals surface area contributed by atoms with Gasteiger partial charge in [-0.05, 0) is 13.3 Å². The number of aliphatic carboxylic acids is 1. The van der Waals surface area contributed by atoms with Crippen LogP contribution in [-0.2, 0) is 9.59 Å². The maximum Gasteiger partial charge on any atom is 0.337 e. The van der Waals surface area contributed by atoms with E-state index in [0.717, 1.165) is 19.3 Å². The molecule has 0 fully saturated rings. The average Bonchev–Trinajstić information content (AvgIpc) is 2.31. The van der Waals surface area contributed by atoms with Gasteiger partial charge in [-0.3, -0.25) is 4.79 Å². The first kappa shape index (κ1) is 16.9. The Hall–Kier alpha value is -1.10. The summed E-state index contributed by atoms with van der Waals surface area (Å²) in [4.78, 5) is 22.0. The summed E-state index contributed by atoms with van der Waals surface area (Å²) in [5.41, 5.74) is -1.89. The van der Waals surface area contributed by atoms with E-state index in [1.54, 1.807) is 0 Å². The first-order valence-electron chi connectivity index (χ1n) is 6.62. The number of unbranched alkanes of at least 4 members (excludes halogenated alkanes) is 5. The van der Waals surface area contributed by atoms with E-state index in [0.29, 0.717) is 6.42 Å². The van der Waals surface area contributed by atoms with Crippen LogP contribution in [0.4, 0.5) is 0 Å². The van der Waals surface area contributed by atoms with E-state index >= 15 is 0 Å². The zero-order chi connectivity index (χ0) is 14.0. The molecule has 0 aromatic heterocycles. The lowest BCUT2D eigenvalue weighted by atomic mass is 10.1. The van der Waals surface area contributed by atoms with Gasteiger partial charge in [0.25, 0.3) is 0 Å². The predicted molar refractivity (Wildman–Crippen MR) is 69.3 cm³/mol. The quantitative estimate of drug-likeness (QED) is 0.521. The third kappa shape index (κ3) is 8.06. The molecule has 0 heterocycles. The normalized spacial score (nSPS) is 13.9. The molecule has 0 aliphatic carbocycles. The molecule has 1 atom stereocenters. The Bertz CT molecular complexity index is 264. The molecule has 0 aliphatic heterocycles. The Morgan fingerprint density at radius 2 is 1.67 bits per heavy atom. The fourth-order valence-corrected chi connectivity index (χ4v) is 1.50. The molecule has 0 saturated heterocycles. The van der Waals surface area contributed by atoms with Crippen molar-refractivity contribution in [2.45, 2.75) is 64.4 Å². The fourth-order valence-electron chi connectivity index (χ4n) is 1.50. The summed E-state index contributed by atoms with van der Waals surface area (Å²) in [6.45, 7) is 3.07. The summed E-state index contributed by atoms with van der Waals surface area (Å²) >= 11 is 0. The Labute approximate surface area is 109 Å². The SMILES string of the molecule is CCCCCCCCC(=O)NCC(C)(O)C(=O)O. The fraction of sp³-hybridized carbons (Fsp3) is 0.846. The second-order valence-corrected chi connectivity index (χ2v) is 4.87. The predicted octanol–water partition coefficient (Wildman–Crippen LogP) is 1.69. The maximum absolute atomic E-state index is 11.4. The van der Waals surface area contributed by atoms with Crippen molar-refractivity contribution in [2.24, 2.45) is 0 Å². The van der Waals surface area contributed by atoms with E-state index in [1.807, 2.05) is 0 Å². The third-order valence-corrected chi connectivity index (χ3v) is 2.85. The first-order valence-corrected chi connectivity index (χ1v) is 6.62. The number of nitrogens with one attached hydrogen (secondary N) is 1. The van der Waals surface area contributed by atoms with Gasteiger partial charge in [0.05, 0.1) is 6.54 Å². The Morgan fingerprint density at radius 1 is 1.11 bits per heavy atom. The van der Waals surface area contributed by atoms with Crippen molar-refractivity contribution in [1.29, 1.82) is 0 Å². The van der Waals surface area contributed by atoms with Crippen LogP contribution in [0.5, 0.6) is 0 Å². The molecule has 0 bridgehead atoms. The van der Waals surface area contributed by atoms with Gasteiger partial charge in [-0.2, -0.15) is 0 Å². The van der Waals surface area contributed by atoms with E-state index in [1.165, 1.54) is 26.2 Å². The topological polar surface area (TPSA) is 86.6 Å². The molecule has 1 amide bonds. The second-order valence-electron chi connectivity index (χ2n) is 4.87. The molecule has 5 nitrogen and oxygen atoms in total. The van der Waals surface area contributed by atoms with Crippen LogP contribution in [0.15, 0.2) is 0 Å². The van der Waals surface area contributed by atoms with E-state index in [4.69, 9.17) is 5.11 Å². The highest BCUT2D eigenvalue weighted by Gasteiger charge is 2.29. The van der Waals surface area contributed by atoms with Crippen LogP contribution in [-0.4, -0.2) is 34.2 Å². The third-order valence-electron chi connectivity index (χ3n) is 2.85. The number of carboxylic acids is 1. The summed E-state index contributed by atoms with van der Waals surface area (Å²) < 4.78 is 0. The highest BCUT2D eigenvalue weighted by molar-refractivity contribution is 5.80. The summed E-state index contributed by atoms with van der Waals surface area (Å²) in [5.74, 6) is -1.53. The number of hydrogen-bond donors (Lipinski definition) is 3. The van der Waals surface area contributed by atoms with Gasteiger partial charge < -0.3 is 15.5 Å². The highest BCUT2D eigenvalue weighted by Crippen LogP contribution is 2.07.